The Morgan fingerprint density at radius 3 is 2.59 bits per heavy atom. The summed E-state index contributed by atoms with van der Waals surface area (Å²) in [5.74, 6) is 0.754. The van der Waals surface area contributed by atoms with Crippen LogP contribution in [0, 0.1) is 0 Å². The first-order valence-corrected chi connectivity index (χ1v) is 5.62. The molecule has 0 fully saturated rings. The molecule has 1 aromatic carbocycles. The average Bonchev–Trinajstić information content (AvgIpc) is 2.78. The van der Waals surface area contributed by atoms with Gasteiger partial charge in [0.05, 0.1) is 25.2 Å². The van der Waals surface area contributed by atoms with E-state index in [0.29, 0.717) is 0 Å². The summed E-state index contributed by atoms with van der Waals surface area (Å²) in [6.07, 6.45) is 4.43. The maximum absolute atomic E-state index is 5.76. The molecule has 0 radical (unpaired) electrons. The maximum atomic E-state index is 5.76. The topological polar surface area (TPSA) is 53.1 Å². The van der Waals surface area contributed by atoms with Gasteiger partial charge in [-0.2, -0.15) is 5.10 Å². The lowest BCUT2D eigenvalue weighted by atomic mass is 10.1. The van der Waals surface area contributed by atoms with Crippen molar-refractivity contribution in [1.29, 1.82) is 0 Å². The van der Waals surface area contributed by atoms with Crippen LogP contribution < -0.4 is 10.5 Å². The molecule has 0 amide bonds. The Morgan fingerprint density at radius 2 is 2.06 bits per heavy atom. The minimum absolute atomic E-state index is 0.186. The Morgan fingerprint density at radius 1 is 1.35 bits per heavy atom. The number of benzene rings is 1. The van der Waals surface area contributed by atoms with Gasteiger partial charge in [0.2, 0.25) is 0 Å². The van der Waals surface area contributed by atoms with Gasteiger partial charge in [-0.05, 0) is 31.0 Å². The number of aromatic nitrogens is 2. The van der Waals surface area contributed by atoms with Crippen molar-refractivity contribution in [3.63, 3.8) is 0 Å². The van der Waals surface area contributed by atoms with Crippen LogP contribution >= 0.6 is 0 Å². The summed E-state index contributed by atoms with van der Waals surface area (Å²) < 4.78 is 6.88. The van der Waals surface area contributed by atoms with Gasteiger partial charge in [0.1, 0.15) is 0 Å². The van der Waals surface area contributed by atoms with Gasteiger partial charge >= 0.3 is 0 Å². The molecule has 0 aliphatic carbocycles. The fourth-order valence-electron chi connectivity index (χ4n) is 1.71. The van der Waals surface area contributed by atoms with Crippen LogP contribution in [0.2, 0.25) is 0 Å². The van der Waals surface area contributed by atoms with Crippen molar-refractivity contribution in [3.8, 4) is 11.4 Å². The molecule has 1 atom stereocenters. The van der Waals surface area contributed by atoms with E-state index in [1.165, 1.54) is 5.56 Å². The number of rotatable bonds is 4. The molecule has 0 saturated carbocycles. The molecule has 0 aliphatic rings. The van der Waals surface area contributed by atoms with Gasteiger partial charge in [-0.1, -0.05) is 12.1 Å². The fraction of sp³-hybridized carbons (Fsp3) is 0.308. The lowest BCUT2D eigenvalue weighted by Gasteiger charge is -2.06. The summed E-state index contributed by atoms with van der Waals surface area (Å²) in [7, 11) is 1.63. The Labute approximate surface area is 101 Å². The van der Waals surface area contributed by atoms with Gasteiger partial charge in [0.15, 0.2) is 5.75 Å². The maximum Gasteiger partial charge on any atom is 0.157 e. The average molecular weight is 231 g/mol. The second-order valence-corrected chi connectivity index (χ2v) is 4.17. The molecule has 0 saturated heterocycles. The molecular formula is C13H17N3O. The Kier molecular flexibility index (Phi) is 3.44. The third kappa shape index (κ3) is 2.85. The normalized spacial score (nSPS) is 12.4. The van der Waals surface area contributed by atoms with Crippen LogP contribution in [-0.4, -0.2) is 22.9 Å². The fourth-order valence-corrected chi connectivity index (χ4v) is 1.71. The van der Waals surface area contributed by atoms with Gasteiger partial charge in [0, 0.05) is 6.04 Å². The van der Waals surface area contributed by atoms with Crippen LogP contribution in [0.3, 0.4) is 0 Å². The predicted octanol–water partition coefficient (Wildman–Crippen LogP) is 1.77. The summed E-state index contributed by atoms with van der Waals surface area (Å²) >= 11 is 0. The molecule has 2 aromatic rings. The molecule has 2 N–H and O–H groups in total. The van der Waals surface area contributed by atoms with Crippen LogP contribution in [0.1, 0.15) is 12.5 Å². The smallest absolute Gasteiger partial charge is 0.157 e. The van der Waals surface area contributed by atoms with Gasteiger partial charge < -0.3 is 10.5 Å². The second kappa shape index (κ2) is 5.01. The lowest BCUT2D eigenvalue weighted by molar-refractivity contribution is 0.414. The highest BCUT2D eigenvalue weighted by Crippen LogP contribution is 2.14. The first kappa shape index (κ1) is 11.7. The van der Waals surface area contributed by atoms with Gasteiger partial charge in [-0.25, -0.2) is 4.68 Å². The van der Waals surface area contributed by atoms with Crippen LogP contribution in [0.5, 0.6) is 5.75 Å². The highest BCUT2D eigenvalue weighted by Gasteiger charge is 2.02. The van der Waals surface area contributed by atoms with Gasteiger partial charge in [-0.15, -0.1) is 0 Å². The lowest BCUT2D eigenvalue weighted by Crippen LogP contribution is -2.17. The number of nitrogens with zero attached hydrogens (tertiary/aromatic N) is 2. The molecule has 1 heterocycles. The highest BCUT2D eigenvalue weighted by atomic mass is 16.5. The minimum Gasteiger partial charge on any atom is -0.493 e. The largest absolute Gasteiger partial charge is 0.493 e. The summed E-state index contributed by atoms with van der Waals surface area (Å²) in [6.45, 7) is 2.01. The van der Waals surface area contributed by atoms with E-state index in [1.54, 1.807) is 18.0 Å². The molecule has 0 aliphatic heterocycles. The number of hydrogen-bond donors (Lipinski definition) is 1. The zero-order valence-electron chi connectivity index (χ0n) is 10.1. The van der Waals surface area contributed by atoms with E-state index >= 15 is 0 Å². The molecule has 90 valence electrons. The van der Waals surface area contributed by atoms with E-state index in [2.05, 4.69) is 17.2 Å². The predicted molar refractivity (Wildman–Crippen MR) is 67.5 cm³/mol. The molecule has 2 rings (SSSR count). The van der Waals surface area contributed by atoms with Crippen molar-refractivity contribution in [2.24, 2.45) is 5.73 Å². The van der Waals surface area contributed by atoms with Gasteiger partial charge in [0.25, 0.3) is 0 Å². The van der Waals surface area contributed by atoms with E-state index in [-0.39, 0.29) is 6.04 Å². The standard InChI is InChI=1S/C13H17N3O/c1-10(14)7-11-3-5-12(6-4-11)16-9-13(17-2)8-15-16/h3-6,8-10H,7,14H2,1-2H3. The van der Waals surface area contributed by atoms with Crippen LogP contribution in [0.4, 0.5) is 0 Å². The van der Waals surface area contributed by atoms with E-state index in [9.17, 15) is 0 Å². The Hall–Kier alpha value is -1.81. The number of nitrogens with two attached hydrogens (primary N) is 1. The second-order valence-electron chi connectivity index (χ2n) is 4.17. The molecule has 0 bridgehead atoms. The van der Waals surface area contributed by atoms with Gasteiger partial charge in [-0.3, -0.25) is 0 Å². The molecule has 0 spiro atoms. The summed E-state index contributed by atoms with van der Waals surface area (Å²) in [5.41, 5.74) is 8.02. The number of hydrogen-bond acceptors (Lipinski definition) is 3. The molecule has 4 heteroatoms. The molecule has 1 aromatic heterocycles. The van der Waals surface area contributed by atoms with Crippen molar-refractivity contribution >= 4 is 0 Å². The highest BCUT2D eigenvalue weighted by molar-refractivity contribution is 5.35. The van der Waals surface area contributed by atoms with E-state index in [1.807, 2.05) is 25.3 Å². The van der Waals surface area contributed by atoms with E-state index < -0.39 is 0 Å². The first-order chi connectivity index (χ1) is 8.19. The Balaban J connectivity index is 2.17. The zero-order chi connectivity index (χ0) is 12.3. The van der Waals surface area contributed by atoms with E-state index in [0.717, 1.165) is 17.9 Å². The summed E-state index contributed by atoms with van der Waals surface area (Å²) in [4.78, 5) is 0. The molecular weight excluding hydrogens is 214 g/mol. The van der Waals surface area contributed by atoms with Crippen LogP contribution in [-0.2, 0) is 6.42 Å². The van der Waals surface area contributed by atoms with Crippen LogP contribution in [0.25, 0.3) is 5.69 Å². The third-order valence-corrected chi connectivity index (χ3v) is 2.55. The summed E-state index contributed by atoms with van der Waals surface area (Å²) in [6, 6.07) is 8.40. The van der Waals surface area contributed by atoms with E-state index in [4.69, 9.17) is 10.5 Å². The van der Waals surface area contributed by atoms with Crippen LogP contribution in [0.15, 0.2) is 36.7 Å². The Bertz CT molecular complexity index is 474. The minimum atomic E-state index is 0.186. The third-order valence-electron chi connectivity index (χ3n) is 2.55. The zero-order valence-corrected chi connectivity index (χ0v) is 10.1. The molecule has 1 unspecified atom stereocenters. The summed E-state index contributed by atoms with van der Waals surface area (Å²) in [5, 5.41) is 4.21. The van der Waals surface area contributed by atoms with Crippen molar-refractivity contribution in [3.05, 3.63) is 42.2 Å². The van der Waals surface area contributed by atoms with Crippen molar-refractivity contribution < 1.29 is 4.74 Å². The van der Waals surface area contributed by atoms with Crippen molar-refractivity contribution in [1.82, 2.24) is 9.78 Å². The first-order valence-electron chi connectivity index (χ1n) is 5.62. The number of methoxy groups -OCH3 is 1. The molecule has 4 nitrogen and oxygen atoms in total. The van der Waals surface area contributed by atoms with Crippen molar-refractivity contribution in [2.75, 3.05) is 7.11 Å². The monoisotopic (exact) mass is 231 g/mol. The SMILES string of the molecule is COc1cnn(-c2ccc(CC(C)N)cc2)c1. The number of ether oxygens (including phenoxy) is 1. The van der Waals surface area contributed by atoms with Crippen molar-refractivity contribution in [2.45, 2.75) is 19.4 Å². The molecule has 17 heavy (non-hydrogen) atoms. The quantitative estimate of drug-likeness (QED) is 0.872.